The second-order valence-corrected chi connectivity index (χ2v) is 7.28. The number of carbonyl (C=O) groups excluding carboxylic acids is 1. The van der Waals surface area contributed by atoms with E-state index in [9.17, 15) is 13.6 Å². The van der Waals surface area contributed by atoms with Gasteiger partial charge in [-0.15, -0.1) is 0 Å². The monoisotopic (exact) mass is 430 g/mol. The number of likely N-dealkylation sites (tertiary alicyclic amines) is 1. The Labute approximate surface area is 181 Å². The molecule has 1 aliphatic heterocycles. The van der Waals surface area contributed by atoms with Crippen LogP contribution in [0.1, 0.15) is 30.9 Å². The van der Waals surface area contributed by atoms with Gasteiger partial charge in [-0.1, -0.05) is 24.3 Å². The van der Waals surface area contributed by atoms with Crippen molar-refractivity contribution in [1.82, 2.24) is 15.5 Å². The topological polar surface area (TPSA) is 66.0 Å². The third kappa shape index (κ3) is 6.94. The molecule has 6 nitrogen and oxygen atoms in total. The molecule has 8 heteroatoms. The summed E-state index contributed by atoms with van der Waals surface area (Å²) in [5.74, 6) is -0.522. The molecule has 2 aromatic rings. The van der Waals surface area contributed by atoms with Gasteiger partial charge >= 0.3 is 0 Å². The Kier molecular flexibility index (Phi) is 8.20. The highest BCUT2D eigenvalue weighted by Crippen LogP contribution is 2.17. The normalized spacial score (nSPS) is 14.1. The lowest BCUT2D eigenvalue weighted by atomic mass is 10.1. The van der Waals surface area contributed by atoms with Crippen LogP contribution in [0.25, 0.3) is 0 Å². The maximum absolute atomic E-state index is 13.6. The molecule has 0 unspecified atom stereocenters. The van der Waals surface area contributed by atoms with Gasteiger partial charge in [0, 0.05) is 32.1 Å². The minimum absolute atomic E-state index is 0.0124. The van der Waals surface area contributed by atoms with E-state index in [-0.39, 0.29) is 18.3 Å². The maximum atomic E-state index is 13.6. The van der Waals surface area contributed by atoms with E-state index in [4.69, 9.17) is 4.74 Å². The van der Waals surface area contributed by atoms with Gasteiger partial charge < -0.3 is 20.3 Å². The SMILES string of the molecule is CCNC(=NCc1cccc(CN2CCCC2=O)c1)NCCOc1ccc(F)cc1F. The van der Waals surface area contributed by atoms with Gasteiger partial charge in [-0.25, -0.2) is 13.8 Å². The molecule has 31 heavy (non-hydrogen) atoms. The van der Waals surface area contributed by atoms with E-state index in [1.807, 2.05) is 30.0 Å². The Morgan fingerprint density at radius 2 is 2.00 bits per heavy atom. The first-order valence-corrected chi connectivity index (χ1v) is 10.5. The fraction of sp³-hybridized carbons (Fsp3) is 0.391. The van der Waals surface area contributed by atoms with Crippen molar-refractivity contribution in [1.29, 1.82) is 0 Å². The minimum atomic E-state index is -0.726. The first-order chi connectivity index (χ1) is 15.0. The van der Waals surface area contributed by atoms with Crippen molar-refractivity contribution in [3.63, 3.8) is 0 Å². The van der Waals surface area contributed by atoms with E-state index in [1.165, 1.54) is 6.07 Å². The van der Waals surface area contributed by atoms with Crippen molar-refractivity contribution in [2.45, 2.75) is 32.9 Å². The minimum Gasteiger partial charge on any atom is -0.489 e. The number of halogens is 2. The van der Waals surface area contributed by atoms with Crippen molar-refractivity contribution in [3.8, 4) is 5.75 Å². The van der Waals surface area contributed by atoms with Crippen LogP contribution in [-0.4, -0.2) is 43.0 Å². The predicted molar refractivity (Wildman–Crippen MR) is 116 cm³/mol. The highest BCUT2D eigenvalue weighted by atomic mass is 19.1. The lowest BCUT2D eigenvalue weighted by Gasteiger charge is -2.16. The van der Waals surface area contributed by atoms with Crippen LogP contribution in [0.15, 0.2) is 47.5 Å². The van der Waals surface area contributed by atoms with Crippen molar-refractivity contribution >= 4 is 11.9 Å². The quantitative estimate of drug-likeness (QED) is 0.364. The van der Waals surface area contributed by atoms with Gasteiger partial charge in [-0.2, -0.15) is 0 Å². The number of guanidine groups is 1. The zero-order chi connectivity index (χ0) is 22.1. The highest BCUT2D eigenvalue weighted by molar-refractivity contribution is 5.79. The Bertz CT molecular complexity index is 920. The number of carbonyl (C=O) groups is 1. The van der Waals surface area contributed by atoms with E-state index in [2.05, 4.69) is 21.7 Å². The molecule has 1 fully saturated rings. The third-order valence-corrected chi connectivity index (χ3v) is 4.85. The number of amides is 1. The van der Waals surface area contributed by atoms with Gasteiger partial charge in [-0.3, -0.25) is 4.79 Å². The molecule has 0 saturated carbocycles. The molecule has 0 radical (unpaired) electrons. The first-order valence-electron chi connectivity index (χ1n) is 10.5. The van der Waals surface area contributed by atoms with Crippen molar-refractivity contribution in [3.05, 3.63) is 65.2 Å². The van der Waals surface area contributed by atoms with E-state index in [1.54, 1.807) is 0 Å². The maximum Gasteiger partial charge on any atom is 0.222 e. The number of rotatable bonds is 9. The van der Waals surface area contributed by atoms with Gasteiger partial charge in [-0.05, 0) is 36.6 Å². The number of nitrogens with one attached hydrogen (secondary N) is 2. The summed E-state index contributed by atoms with van der Waals surface area (Å²) in [4.78, 5) is 18.3. The van der Waals surface area contributed by atoms with Crippen LogP contribution in [0.5, 0.6) is 5.75 Å². The van der Waals surface area contributed by atoms with Gasteiger partial charge in [0.1, 0.15) is 12.4 Å². The zero-order valence-electron chi connectivity index (χ0n) is 17.7. The Hall–Kier alpha value is -3.16. The second-order valence-electron chi connectivity index (χ2n) is 7.28. The summed E-state index contributed by atoms with van der Waals surface area (Å²) in [6, 6.07) is 11.3. The van der Waals surface area contributed by atoms with E-state index in [0.29, 0.717) is 38.6 Å². The summed E-state index contributed by atoms with van der Waals surface area (Å²) in [5, 5.41) is 6.29. The van der Waals surface area contributed by atoms with Gasteiger partial charge in [0.25, 0.3) is 0 Å². The zero-order valence-corrected chi connectivity index (χ0v) is 17.7. The van der Waals surface area contributed by atoms with Crippen LogP contribution < -0.4 is 15.4 Å². The number of benzene rings is 2. The summed E-state index contributed by atoms with van der Waals surface area (Å²) >= 11 is 0. The largest absolute Gasteiger partial charge is 0.489 e. The Balaban J connectivity index is 1.50. The Morgan fingerprint density at radius 3 is 2.74 bits per heavy atom. The van der Waals surface area contributed by atoms with Crippen LogP contribution in [0.2, 0.25) is 0 Å². The van der Waals surface area contributed by atoms with Crippen molar-refractivity contribution in [2.24, 2.45) is 4.99 Å². The first kappa shape index (κ1) is 22.5. The van der Waals surface area contributed by atoms with Gasteiger partial charge in [0.2, 0.25) is 5.91 Å². The molecule has 1 saturated heterocycles. The van der Waals surface area contributed by atoms with E-state index >= 15 is 0 Å². The number of aliphatic imine (C=N–C) groups is 1. The number of ether oxygens (including phenoxy) is 1. The molecule has 2 N–H and O–H groups in total. The molecule has 3 rings (SSSR count). The summed E-state index contributed by atoms with van der Waals surface area (Å²) in [6.07, 6.45) is 1.57. The molecule has 0 atom stereocenters. The number of hydrogen-bond acceptors (Lipinski definition) is 3. The lowest BCUT2D eigenvalue weighted by Crippen LogP contribution is -2.39. The highest BCUT2D eigenvalue weighted by Gasteiger charge is 2.19. The molecule has 1 heterocycles. The summed E-state index contributed by atoms with van der Waals surface area (Å²) in [5.41, 5.74) is 2.14. The molecule has 1 aliphatic rings. The van der Waals surface area contributed by atoms with Crippen LogP contribution >= 0.6 is 0 Å². The molecule has 0 aliphatic carbocycles. The van der Waals surface area contributed by atoms with Crippen molar-refractivity contribution in [2.75, 3.05) is 26.2 Å². The van der Waals surface area contributed by atoms with Crippen molar-refractivity contribution < 1.29 is 18.3 Å². The van der Waals surface area contributed by atoms with Crippen LogP contribution in [0.3, 0.4) is 0 Å². The average molecular weight is 430 g/mol. The standard InChI is InChI=1S/C23H28F2N4O2/c1-2-26-23(27-10-12-31-21-9-8-19(24)14-20(21)25)28-15-17-5-3-6-18(13-17)16-29-11-4-7-22(29)30/h3,5-6,8-9,13-14H,2,4,7,10-12,15-16H2,1H3,(H2,26,27,28). The molecule has 1 amide bonds. The van der Waals surface area contributed by atoms with Crippen LogP contribution in [-0.2, 0) is 17.9 Å². The Morgan fingerprint density at radius 1 is 1.16 bits per heavy atom. The fourth-order valence-electron chi connectivity index (χ4n) is 3.35. The smallest absolute Gasteiger partial charge is 0.222 e. The molecule has 0 bridgehead atoms. The lowest BCUT2D eigenvalue weighted by molar-refractivity contribution is -0.128. The van der Waals surface area contributed by atoms with Gasteiger partial charge in [0.05, 0.1) is 13.1 Å². The molecular weight excluding hydrogens is 402 g/mol. The van der Waals surface area contributed by atoms with E-state index in [0.717, 1.165) is 36.2 Å². The fourth-order valence-corrected chi connectivity index (χ4v) is 3.35. The second kappa shape index (κ2) is 11.3. The molecule has 0 spiro atoms. The van der Waals surface area contributed by atoms with Gasteiger partial charge in [0.15, 0.2) is 17.5 Å². The van der Waals surface area contributed by atoms with Crippen LogP contribution in [0, 0.1) is 11.6 Å². The number of hydrogen-bond donors (Lipinski definition) is 2. The molecule has 0 aromatic heterocycles. The predicted octanol–water partition coefficient (Wildman–Crippen LogP) is 3.22. The molecular formula is C23H28F2N4O2. The summed E-state index contributed by atoms with van der Waals surface area (Å²) < 4.78 is 31.9. The third-order valence-electron chi connectivity index (χ3n) is 4.85. The van der Waals surface area contributed by atoms with E-state index < -0.39 is 11.6 Å². The molecule has 166 valence electrons. The number of nitrogens with zero attached hydrogens (tertiary/aromatic N) is 2. The summed E-state index contributed by atoms with van der Waals surface area (Å²) in [6.45, 7) is 5.19. The molecule has 2 aromatic carbocycles. The summed E-state index contributed by atoms with van der Waals surface area (Å²) in [7, 11) is 0. The van der Waals surface area contributed by atoms with Crippen LogP contribution in [0.4, 0.5) is 8.78 Å². The average Bonchev–Trinajstić information content (AvgIpc) is 3.15.